The van der Waals surface area contributed by atoms with Crippen molar-refractivity contribution in [2.75, 3.05) is 0 Å². The minimum atomic E-state index is -0.984. The highest BCUT2D eigenvalue weighted by Gasteiger charge is 2.52. The number of likely N-dealkylation sites (tertiary alicyclic amines) is 1. The number of halogens is 1. The Morgan fingerprint density at radius 2 is 2.19 bits per heavy atom. The molecule has 1 aliphatic carbocycles. The fraction of sp³-hybridized carbons (Fsp3) is 0.444. The van der Waals surface area contributed by atoms with Crippen LogP contribution in [-0.2, 0) is 16.0 Å². The summed E-state index contributed by atoms with van der Waals surface area (Å²) in [7, 11) is 0. The van der Waals surface area contributed by atoms with Gasteiger partial charge in [0.25, 0.3) is 0 Å². The van der Waals surface area contributed by atoms with Gasteiger partial charge in [0.1, 0.15) is 29.3 Å². The van der Waals surface area contributed by atoms with Crippen LogP contribution in [0.3, 0.4) is 0 Å². The van der Waals surface area contributed by atoms with Gasteiger partial charge in [-0.15, -0.1) is 0 Å². The molecule has 194 valence electrons. The number of amides is 2. The van der Waals surface area contributed by atoms with Gasteiger partial charge in [-0.05, 0) is 69.2 Å². The van der Waals surface area contributed by atoms with E-state index < -0.39 is 35.5 Å². The number of aliphatic imine (C=N–C) groups is 1. The summed E-state index contributed by atoms with van der Waals surface area (Å²) in [6.45, 7) is 5.33. The molecule has 37 heavy (non-hydrogen) atoms. The van der Waals surface area contributed by atoms with Crippen molar-refractivity contribution in [3.8, 4) is 6.07 Å². The van der Waals surface area contributed by atoms with Crippen LogP contribution < -0.4 is 10.6 Å². The summed E-state index contributed by atoms with van der Waals surface area (Å²) < 4.78 is 20.6. The van der Waals surface area contributed by atoms with Crippen molar-refractivity contribution < 1.29 is 18.7 Å². The minimum Gasteiger partial charge on any atom is -0.444 e. The van der Waals surface area contributed by atoms with E-state index >= 15 is 4.39 Å². The number of allylic oxidation sites excluding steroid dienone is 2. The van der Waals surface area contributed by atoms with E-state index in [0.29, 0.717) is 17.0 Å². The van der Waals surface area contributed by atoms with Crippen LogP contribution in [0.2, 0.25) is 0 Å². The quantitative estimate of drug-likeness (QED) is 0.507. The molecule has 0 radical (unpaired) electrons. The second-order valence-electron chi connectivity index (χ2n) is 10.4. The molecule has 2 amide bonds. The molecule has 2 fully saturated rings. The number of fused-ring (bicyclic) bond motifs is 2. The molecule has 1 aromatic rings. The van der Waals surface area contributed by atoms with Gasteiger partial charge in [-0.2, -0.15) is 5.26 Å². The summed E-state index contributed by atoms with van der Waals surface area (Å²) in [5, 5.41) is 23.1. The molecule has 2 aliphatic heterocycles. The van der Waals surface area contributed by atoms with Crippen LogP contribution in [0.4, 0.5) is 9.18 Å². The molecule has 3 aliphatic rings. The van der Waals surface area contributed by atoms with Crippen molar-refractivity contribution in [1.29, 1.82) is 10.7 Å². The number of nitrogens with one attached hydrogen (secondary N) is 3. The third kappa shape index (κ3) is 5.71. The number of nitriles is 1. The third-order valence-corrected chi connectivity index (χ3v) is 6.72. The number of ether oxygens (including phenoxy) is 1. The first-order valence-corrected chi connectivity index (χ1v) is 12.3. The van der Waals surface area contributed by atoms with Gasteiger partial charge in [0.05, 0.1) is 6.07 Å². The smallest absolute Gasteiger partial charge is 0.411 e. The summed E-state index contributed by atoms with van der Waals surface area (Å²) in [5.41, 5.74) is 0.429. The van der Waals surface area contributed by atoms with E-state index in [2.05, 4.69) is 15.6 Å². The normalized spacial score (nSPS) is 24.2. The second-order valence-corrected chi connectivity index (χ2v) is 10.4. The third-order valence-electron chi connectivity index (χ3n) is 6.72. The maximum absolute atomic E-state index is 15.0. The zero-order valence-electron chi connectivity index (χ0n) is 21.1. The average Bonchev–Trinajstić information content (AvgIpc) is 3.47. The first-order valence-electron chi connectivity index (χ1n) is 12.3. The van der Waals surface area contributed by atoms with Crippen molar-refractivity contribution in [3.63, 3.8) is 0 Å². The molecule has 3 N–H and O–H groups in total. The molecule has 2 bridgehead atoms. The molecule has 4 rings (SSSR count). The van der Waals surface area contributed by atoms with Crippen LogP contribution in [0.25, 0.3) is 5.57 Å². The van der Waals surface area contributed by atoms with Crippen LogP contribution in [-0.4, -0.2) is 53.1 Å². The SMILES string of the molecule is CC(C)(C)OC(=O)N1[C@@H]2CC[C@@H](C2)[C@H]1C(=O)N[C@H](C#N)Cc1ccc(/C(C=N)=C2\N=CC=CN2)cc1F. The molecular weight excluding hydrogens is 475 g/mol. The molecule has 9 nitrogen and oxygen atoms in total. The maximum Gasteiger partial charge on any atom is 0.411 e. The summed E-state index contributed by atoms with van der Waals surface area (Å²) >= 11 is 0. The van der Waals surface area contributed by atoms with Crippen molar-refractivity contribution in [1.82, 2.24) is 15.5 Å². The molecule has 1 saturated carbocycles. The van der Waals surface area contributed by atoms with Gasteiger partial charge in [0.2, 0.25) is 5.91 Å². The second kappa shape index (κ2) is 10.5. The van der Waals surface area contributed by atoms with E-state index in [0.717, 1.165) is 25.5 Å². The highest BCUT2D eigenvalue weighted by molar-refractivity contribution is 6.09. The first kappa shape index (κ1) is 26.1. The van der Waals surface area contributed by atoms with E-state index in [-0.39, 0.29) is 23.9 Å². The van der Waals surface area contributed by atoms with Gasteiger partial charge in [-0.3, -0.25) is 9.69 Å². The van der Waals surface area contributed by atoms with Crippen LogP contribution in [0.1, 0.15) is 51.2 Å². The number of hydrogen-bond donors (Lipinski definition) is 3. The highest BCUT2D eigenvalue weighted by Crippen LogP contribution is 2.43. The van der Waals surface area contributed by atoms with E-state index in [1.807, 2.05) is 6.07 Å². The fourth-order valence-electron chi connectivity index (χ4n) is 5.15. The average molecular weight is 507 g/mol. The topological polar surface area (TPSA) is 131 Å². The lowest BCUT2D eigenvalue weighted by Crippen LogP contribution is -2.55. The minimum absolute atomic E-state index is 0.00589. The summed E-state index contributed by atoms with van der Waals surface area (Å²) in [4.78, 5) is 31.8. The van der Waals surface area contributed by atoms with E-state index in [4.69, 9.17) is 10.1 Å². The van der Waals surface area contributed by atoms with E-state index in [1.54, 1.807) is 45.3 Å². The van der Waals surface area contributed by atoms with Crippen molar-refractivity contribution in [2.45, 2.75) is 70.2 Å². The fourth-order valence-corrected chi connectivity index (χ4v) is 5.15. The van der Waals surface area contributed by atoms with Crippen molar-refractivity contribution in [3.05, 3.63) is 53.2 Å². The molecular formula is C27H31FN6O3. The first-order chi connectivity index (χ1) is 17.6. The Morgan fingerprint density at radius 3 is 2.81 bits per heavy atom. The lowest BCUT2D eigenvalue weighted by Gasteiger charge is -2.35. The molecule has 2 heterocycles. The molecule has 0 unspecified atom stereocenters. The lowest BCUT2D eigenvalue weighted by molar-refractivity contribution is -0.128. The van der Waals surface area contributed by atoms with Gasteiger partial charge in [-0.25, -0.2) is 14.2 Å². The number of carbonyl (C=O) groups excluding carboxylic acids is 2. The Balaban J connectivity index is 1.47. The zero-order chi connectivity index (χ0) is 26.7. The number of carbonyl (C=O) groups is 2. The Hall–Kier alpha value is -4.00. The van der Waals surface area contributed by atoms with Crippen LogP contribution >= 0.6 is 0 Å². The summed E-state index contributed by atoms with van der Waals surface area (Å²) in [5.74, 6) is -0.553. The van der Waals surface area contributed by atoms with Crippen molar-refractivity contribution >= 4 is 30.0 Å². The van der Waals surface area contributed by atoms with Gasteiger partial charge < -0.3 is 20.8 Å². The number of benzene rings is 1. The lowest BCUT2D eigenvalue weighted by atomic mass is 9.97. The summed E-state index contributed by atoms with van der Waals surface area (Å²) in [6.07, 6.45) is 7.83. The molecule has 4 atom stereocenters. The van der Waals surface area contributed by atoms with Crippen LogP contribution in [0.15, 0.2) is 41.3 Å². The molecule has 0 aromatic heterocycles. The zero-order valence-corrected chi connectivity index (χ0v) is 21.1. The number of hydrogen-bond acceptors (Lipinski definition) is 7. The Kier molecular flexibility index (Phi) is 7.43. The van der Waals surface area contributed by atoms with Crippen LogP contribution in [0.5, 0.6) is 0 Å². The summed E-state index contributed by atoms with van der Waals surface area (Å²) in [6, 6.07) is 4.77. The predicted octanol–water partition coefficient (Wildman–Crippen LogP) is 3.67. The number of piperidine rings is 1. The Bertz CT molecular complexity index is 1230. The molecule has 1 saturated heterocycles. The monoisotopic (exact) mass is 506 g/mol. The van der Waals surface area contributed by atoms with Gasteiger partial charge in [0.15, 0.2) is 0 Å². The van der Waals surface area contributed by atoms with Gasteiger partial charge in [0, 0.05) is 36.7 Å². The van der Waals surface area contributed by atoms with Gasteiger partial charge >= 0.3 is 6.09 Å². The van der Waals surface area contributed by atoms with Crippen LogP contribution in [0, 0.1) is 28.5 Å². The van der Waals surface area contributed by atoms with E-state index in [9.17, 15) is 14.9 Å². The van der Waals surface area contributed by atoms with Gasteiger partial charge in [-0.1, -0.05) is 12.1 Å². The largest absolute Gasteiger partial charge is 0.444 e. The molecule has 1 aromatic carbocycles. The predicted molar refractivity (Wildman–Crippen MR) is 137 cm³/mol. The Morgan fingerprint density at radius 1 is 1.41 bits per heavy atom. The molecule has 10 heteroatoms. The standard InChI is InChI=1S/C27H31FN6O3/c1-27(2,3)37-26(36)34-20-8-7-18(12-20)23(34)25(35)33-19(14-29)11-17-6-5-16(13-22(17)28)21(15-30)24-31-9-4-10-32-24/h4-6,9-10,13,15,18-20,23,30-31H,7-8,11-12H2,1-3H3,(H,33,35)/b24-21-,30-15?/t18-,19-,20+,23-/m0/s1. The molecule has 0 spiro atoms. The maximum atomic E-state index is 15.0. The highest BCUT2D eigenvalue weighted by atomic mass is 19.1. The Labute approximate surface area is 215 Å². The van der Waals surface area contributed by atoms with Crippen molar-refractivity contribution in [2.24, 2.45) is 10.9 Å². The van der Waals surface area contributed by atoms with E-state index in [1.165, 1.54) is 17.0 Å². The number of rotatable bonds is 6. The number of nitrogens with zero attached hydrogens (tertiary/aromatic N) is 3.